The van der Waals surface area contributed by atoms with Crippen molar-refractivity contribution in [2.45, 2.75) is 19.3 Å². The second-order valence-corrected chi connectivity index (χ2v) is 5.14. The van der Waals surface area contributed by atoms with Gasteiger partial charge in [0.2, 0.25) is 0 Å². The molecular formula is C12H6Na3O12-3. The standard InChI is InChI=1S/C12H12O12.3Na/c13-4(14)10(5(15)16)2-1-3-11(6(17)18,7(19)20)12(10,8(21)22)9(23)24;;;/h1-3H2,(H,13,14)(H,15,16)(H,17,18)(H,19,20)(H,21,22)(H,23,24);;;/q;3*+1/p-6. The van der Waals surface area contributed by atoms with Crippen LogP contribution in [-0.2, 0) is 28.8 Å². The van der Waals surface area contributed by atoms with Crippen molar-refractivity contribution in [3.05, 3.63) is 0 Å². The van der Waals surface area contributed by atoms with Gasteiger partial charge in [0.15, 0.2) is 0 Å². The Morgan fingerprint density at radius 3 is 0.852 bits per heavy atom. The van der Waals surface area contributed by atoms with Crippen molar-refractivity contribution in [2.24, 2.45) is 16.2 Å². The van der Waals surface area contributed by atoms with Crippen molar-refractivity contribution < 1.29 is 148 Å². The molecule has 0 atom stereocenters. The van der Waals surface area contributed by atoms with E-state index in [4.69, 9.17) is 0 Å². The van der Waals surface area contributed by atoms with E-state index in [0.29, 0.717) is 0 Å². The molecule has 0 N–H and O–H groups in total. The molecule has 1 rings (SSSR count). The van der Waals surface area contributed by atoms with Gasteiger partial charge in [-0.3, -0.25) is 0 Å². The van der Waals surface area contributed by atoms with Crippen molar-refractivity contribution in [2.75, 3.05) is 0 Å². The van der Waals surface area contributed by atoms with Crippen LogP contribution in [0.4, 0.5) is 0 Å². The van der Waals surface area contributed by atoms with Crippen molar-refractivity contribution in [1.82, 2.24) is 0 Å². The van der Waals surface area contributed by atoms with Crippen LogP contribution in [0, 0.1) is 16.2 Å². The predicted octanol–water partition coefficient (Wildman–Crippen LogP) is -18.4. The van der Waals surface area contributed by atoms with Gasteiger partial charge < -0.3 is 59.4 Å². The predicted molar refractivity (Wildman–Crippen MR) is 51.2 cm³/mol. The van der Waals surface area contributed by atoms with Crippen LogP contribution < -0.4 is 119 Å². The van der Waals surface area contributed by atoms with E-state index in [1.165, 1.54) is 0 Å². The minimum atomic E-state index is -4.65. The zero-order valence-corrected chi connectivity index (χ0v) is 20.5. The summed E-state index contributed by atoms with van der Waals surface area (Å²) < 4.78 is 0. The minimum absolute atomic E-state index is 0. The number of aliphatic carboxylic acids is 6. The summed E-state index contributed by atoms with van der Waals surface area (Å²) in [6, 6.07) is 0. The molecule has 0 heterocycles. The number of carboxylic acid groups (broad SMARTS) is 6. The molecule has 0 saturated heterocycles. The molecule has 0 aromatic rings. The summed E-state index contributed by atoms with van der Waals surface area (Å²) in [5, 5.41) is 68.3. The fourth-order valence-electron chi connectivity index (χ4n) is 3.33. The molecule has 0 radical (unpaired) electrons. The van der Waals surface area contributed by atoms with E-state index in [-0.39, 0.29) is 88.7 Å². The molecule has 27 heavy (non-hydrogen) atoms. The molecule has 0 aromatic carbocycles. The summed E-state index contributed by atoms with van der Waals surface area (Å²) in [6.07, 6.45) is -3.52. The van der Waals surface area contributed by atoms with Crippen LogP contribution in [0.1, 0.15) is 19.3 Å². The number of carboxylic acids is 6. The molecular weight excluding hydrogens is 405 g/mol. The van der Waals surface area contributed by atoms with Crippen molar-refractivity contribution in [3.8, 4) is 0 Å². The molecule has 0 aliphatic heterocycles. The van der Waals surface area contributed by atoms with Gasteiger partial charge >= 0.3 is 88.7 Å². The number of hydrogen-bond donors (Lipinski definition) is 0. The van der Waals surface area contributed by atoms with Crippen molar-refractivity contribution in [3.63, 3.8) is 0 Å². The summed E-state index contributed by atoms with van der Waals surface area (Å²) in [6.45, 7) is 0. The molecule has 0 spiro atoms. The number of carbonyl (C=O) groups excluding carboxylic acids is 6. The van der Waals surface area contributed by atoms with Gasteiger partial charge in [-0.15, -0.1) is 0 Å². The fraction of sp³-hybridized carbons (Fsp3) is 0.500. The quantitative estimate of drug-likeness (QED) is 0.292. The Morgan fingerprint density at radius 1 is 0.481 bits per heavy atom. The fourth-order valence-corrected chi connectivity index (χ4v) is 3.33. The molecule has 12 nitrogen and oxygen atoms in total. The van der Waals surface area contributed by atoms with E-state index in [9.17, 15) is 59.4 Å². The van der Waals surface area contributed by atoms with Gasteiger partial charge in [-0.1, -0.05) is 6.42 Å². The Balaban J connectivity index is -0.00000192. The first kappa shape index (κ1) is 31.5. The third kappa shape index (κ3) is 3.83. The Labute approximate surface area is 217 Å². The average Bonchev–Trinajstić information content (AvgIpc) is 2.43. The normalized spacial score (nSPS) is 18.2. The summed E-state index contributed by atoms with van der Waals surface area (Å²) in [5.74, 6) is -17.9. The molecule has 15 heteroatoms. The first-order valence-corrected chi connectivity index (χ1v) is 6.16. The van der Waals surface area contributed by atoms with Crippen LogP contribution in [-0.4, -0.2) is 35.8 Å². The van der Waals surface area contributed by atoms with Crippen LogP contribution >= 0.6 is 0 Å². The van der Waals surface area contributed by atoms with Gasteiger partial charge in [-0.05, 0) is 12.8 Å². The topological polar surface area (TPSA) is 241 Å². The molecule has 1 aliphatic rings. The Hall–Kier alpha value is -0.180. The van der Waals surface area contributed by atoms with E-state index in [0.717, 1.165) is 0 Å². The Bertz CT molecular complexity index is 589. The summed E-state index contributed by atoms with van der Waals surface area (Å²) in [7, 11) is 0. The second kappa shape index (κ2) is 10.6. The maximum Gasteiger partial charge on any atom is 1.00 e. The molecule has 0 bridgehead atoms. The monoisotopic (exact) mass is 411 g/mol. The maximum absolute atomic E-state index is 11.5. The zero-order valence-electron chi connectivity index (χ0n) is 14.5. The van der Waals surface area contributed by atoms with Crippen molar-refractivity contribution >= 4 is 35.8 Å². The second-order valence-electron chi connectivity index (χ2n) is 5.14. The van der Waals surface area contributed by atoms with Gasteiger partial charge in [0.1, 0.15) is 0 Å². The largest absolute Gasteiger partial charge is 1.00 e. The molecule has 1 fully saturated rings. The van der Waals surface area contributed by atoms with Crippen LogP contribution in [0.2, 0.25) is 0 Å². The van der Waals surface area contributed by atoms with Crippen LogP contribution in [0.5, 0.6) is 0 Å². The summed E-state index contributed by atoms with van der Waals surface area (Å²) in [4.78, 5) is 68.3. The third-order valence-electron chi connectivity index (χ3n) is 4.39. The Morgan fingerprint density at radius 2 is 0.704 bits per heavy atom. The Kier molecular flexibility index (Phi) is 12.3. The number of rotatable bonds is 6. The van der Waals surface area contributed by atoms with Gasteiger partial charge in [-0.25, -0.2) is 0 Å². The SMILES string of the molecule is O=C([O-])C1(C(=O)[O-])CCCC(C(=O)[O-])(C(=O)[O-])C1(C(=O)[O-])C(=O)[O-].[Na+].[Na+].[Na+]. The van der Waals surface area contributed by atoms with Crippen LogP contribution in [0.25, 0.3) is 0 Å². The van der Waals surface area contributed by atoms with Crippen LogP contribution in [0.15, 0.2) is 0 Å². The van der Waals surface area contributed by atoms with E-state index in [2.05, 4.69) is 0 Å². The smallest absolute Gasteiger partial charge is 0.549 e. The molecule has 1 saturated carbocycles. The van der Waals surface area contributed by atoms with Crippen molar-refractivity contribution in [1.29, 1.82) is 0 Å². The summed E-state index contributed by atoms with van der Waals surface area (Å²) in [5.41, 5.74) is -12.9. The molecule has 1 aliphatic carbocycles. The van der Waals surface area contributed by atoms with E-state index in [1.807, 2.05) is 0 Å². The van der Waals surface area contributed by atoms with E-state index < -0.39 is 71.3 Å². The summed E-state index contributed by atoms with van der Waals surface area (Å²) >= 11 is 0. The molecule has 0 amide bonds. The maximum atomic E-state index is 11.5. The first-order valence-electron chi connectivity index (χ1n) is 6.16. The molecule has 0 unspecified atom stereocenters. The van der Waals surface area contributed by atoms with Gasteiger partial charge in [0.25, 0.3) is 0 Å². The number of hydrogen-bond acceptors (Lipinski definition) is 12. The third-order valence-corrected chi connectivity index (χ3v) is 4.39. The first-order chi connectivity index (χ1) is 10.9. The average molecular weight is 411 g/mol. The van der Waals surface area contributed by atoms with Gasteiger partial charge in [-0.2, -0.15) is 0 Å². The van der Waals surface area contributed by atoms with E-state index in [1.54, 1.807) is 0 Å². The molecule has 0 aromatic heterocycles. The molecule has 132 valence electrons. The minimum Gasteiger partial charge on any atom is -0.549 e. The number of carbonyl (C=O) groups is 6. The van der Waals surface area contributed by atoms with Crippen LogP contribution in [0.3, 0.4) is 0 Å². The van der Waals surface area contributed by atoms with Gasteiger partial charge in [0.05, 0.1) is 52.1 Å². The van der Waals surface area contributed by atoms with E-state index >= 15 is 0 Å². The van der Waals surface area contributed by atoms with Gasteiger partial charge in [0, 0.05) is 0 Å². The zero-order chi connectivity index (χ0) is 19.1.